The summed E-state index contributed by atoms with van der Waals surface area (Å²) in [6, 6.07) is 0. The smallest absolute Gasteiger partial charge is 0.368 e. The third kappa shape index (κ3) is 4.16. The average molecular weight is 251 g/mol. The van der Waals surface area contributed by atoms with E-state index in [0.29, 0.717) is 6.54 Å². The minimum atomic E-state index is -4.40. The van der Waals surface area contributed by atoms with Gasteiger partial charge in [-0.25, -0.2) is 14.4 Å². The van der Waals surface area contributed by atoms with Gasteiger partial charge in [0.15, 0.2) is 11.6 Å². The number of aromatic nitrogens is 2. The van der Waals surface area contributed by atoms with Crippen LogP contribution in [0.3, 0.4) is 0 Å². The minimum absolute atomic E-state index is 0.0853. The molecule has 0 atom stereocenters. The van der Waals surface area contributed by atoms with Crippen LogP contribution < -0.4 is 5.32 Å². The van der Waals surface area contributed by atoms with Gasteiger partial charge in [0.1, 0.15) is 12.2 Å². The second-order valence-electron chi connectivity index (χ2n) is 3.61. The maximum absolute atomic E-state index is 13.5. The van der Waals surface area contributed by atoms with E-state index in [1.54, 1.807) is 0 Å². The molecule has 0 aliphatic rings. The van der Waals surface area contributed by atoms with Gasteiger partial charge in [0, 0.05) is 6.54 Å². The number of anilines is 1. The number of rotatable bonds is 4. The molecule has 17 heavy (non-hydrogen) atoms. The normalized spacial score (nSPS) is 11.6. The lowest BCUT2D eigenvalue weighted by molar-refractivity contribution is -0.128. The van der Waals surface area contributed by atoms with Crippen LogP contribution in [0.5, 0.6) is 0 Å². The lowest BCUT2D eigenvalue weighted by atomic mass is 10.3. The van der Waals surface area contributed by atoms with E-state index >= 15 is 0 Å². The van der Waals surface area contributed by atoms with Crippen LogP contribution in [0.25, 0.3) is 0 Å². The number of nitrogens with zero attached hydrogens (tertiary/aromatic N) is 2. The second kappa shape index (κ2) is 5.29. The van der Waals surface area contributed by atoms with Crippen LogP contribution in [0.4, 0.5) is 23.4 Å². The molecule has 0 spiro atoms. The summed E-state index contributed by atoms with van der Waals surface area (Å²) in [5.74, 6) is -1.29. The molecule has 0 aromatic carbocycles. The summed E-state index contributed by atoms with van der Waals surface area (Å²) in [5, 5.41) is 2.64. The molecule has 1 aromatic rings. The molecule has 96 valence electrons. The highest BCUT2D eigenvalue weighted by molar-refractivity contribution is 5.38. The quantitative estimate of drug-likeness (QED) is 0.836. The van der Waals surface area contributed by atoms with Crippen molar-refractivity contribution in [3.05, 3.63) is 17.3 Å². The molecule has 1 heterocycles. The van der Waals surface area contributed by atoms with Crippen LogP contribution in [-0.4, -0.2) is 22.7 Å². The topological polar surface area (TPSA) is 37.8 Å². The van der Waals surface area contributed by atoms with Gasteiger partial charge < -0.3 is 5.32 Å². The molecule has 0 saturated heterocycles. The predicted octanol–water partition coefficient (Wildman–Crippen LogP) is 2.85. The summed E-state index contributed by atoms with van der Waals surface area (Å²) < 4.78 is 50.0. The van der Waals surface area contributed by atoms with E-state index in [-0.39, 0.29) is 11.5 Å². The number of alkyl halides is 3. The first-order valence-corrected chi connectivity index (χ1v) is 5.17. The Hall–Kier alpha value is -1.40. The Balaban J connectivity index is 2.97. The summed E-state index contributed by atoms with van der Waals surface area (Å²) in [6.07, 6.45) is -4.93. The molecular formula is C10H13F4N3. The fraction of sp³-hybridized carbons (Fsp3) is 0.600. The van der Waals surface area contributed by atoms with Crippen LogP contribution >= 0.6 is 0 Å². The molecule has 0 unspecified atom stereocenters. The Kier molecular flexibility index (Phi) is 4.25. The Morgan fingerprint density at radius 1 is 1.24 bits per heavy atom. The number of aryl methyl sites for hydroxylation is 1. The molecule has 0 fully saturated rings. The largest absolute Gasteiger partial charge is 0.396 e. The maximum atomic E-state index is 13.5. The third-order valence-electron chi connectivity index (χ3n) is 1.96. The van der Waals surface area contributed by atoms with Crippen molar-refractivity contribution in [2.45, 2.75) is 32.9 Å². The molecule has 0 radical (unpaired) electrons. The number of hydrogen-bond donors (Lipinski definition) is 1. The van der Waals surface area contributed by atoms with Crippen molar-refractivity contribution in [2.75, 3.05) is 11.9 Å². The lowest BCUT2D eigenvalue weighted by Gasteiger charge is -2.10. The van der Waals surface area contributed by atoms with Crippen molar-refractivity contribution in [3.8, 4) is 0 Å². The summed E-state index contributed by atoms with van der Waals surface area (Å²) in [7, 11) is 0. The number of halogens is 4. The Labute approximate surface area is 96.3 Å². The standard InChI is InChI=1S/C10H13F4N3/c1-3-4-15-9-8(11)6(2)16-7(17-9)5-10(12,13)14/h3-5H2,1-2H3,(H,15,16,17). The van der Waals surface area contributed by atoms with Crippen LogP contribution in [-0.2, 0) is 6.42 Å². The van der Waals surface area contributed by atoms with Crippen LogP contribution in [0.2, 0.25) is 0 Å². The van der Waals surface area contributed by atoms with E-state index in [0.717, 1.165) is 6.42 Å². The number of hydrogen-bond acceptors (Lipinski definition) is 3. The van der Waals surface area contributed by atoms with Gasteiger partial charge >= 0.3 is 6.18 Å². The van der Waals surface area contributed by atoms with Crippen molar-refractivity contribution < 1.29 is 17.6 Å². The summed E-state index contributed by atoms with van der Waals surface area (Å²) >= 11 is 0. The second-order valence-corrected chi connectivity index (χ2v) is 3.61. The molecule has 0 aliphatic heterocycles. The van der Waals surface area contributed by atoms with Crippen molar-refractivity contribution in [1.29, 1.82) is 0 Å². The van der Waals surface area contributed by atoms with E-state index in [4.69, 9.17) is 0 Å². The fourth-order valence-electron chi connectivity index (χ4n) is 1.24. The zero-order valence-corrected chi connectivity index (χ0v) is 9.53. The average Bonchev–Trinajstić information content (AvgIpc) is 2.18. The zero-order chi connectivity index (χ0) is 13.1. The van der Waals surface area contributed by atoms with Gasteiger partial charge in [0.2, 0.25) is 0 Å². The van der Waals surface area contributed by atoms with Crippen molar-refractivity contribution in [2.24, 2.45) is 0 Å². The van der Waals surface area contributed by atoms with Crippen LogP contribution in [0.15, 0.2) is 0 Å². The molecule has 0 amide bonds. The van der Waals surface area contributed by atoms with Crippen LogP contribution in [0, 0.1) is 12.7 Å². The molecule has 1 rings (SSSR count). The summed E-state index contributed by atoms with van der Waals surface area (Å²) in [5.41, 5.74) is -0.0853. The Morgan fingerprint density at radius 2 is 1.88 bits per heavy atom. The molecule has 3 nitrogen and oxygen atoms in total. The van der Waals surface area contributed by atoms with E-state index in [1.165, 1.54) is 6.92 Å². The molecule has 0 bridgehead atoms. The summed E-state index contributed by atoms with van der Waals surface area (Å²) in [4.78, 5) is 7.02. The molecule has 7 heteroatoms. The van der Waals surface area contributed by atoms with E-state index in [1.807, 2.05) is 6.92 Å². The monoisotopic (exact) mass is 251 g/mol. The van der Waals surface area contributed by atoms with Gasteiger partial charge in [-0.1, -0.05) is 6.92 Å². The van der Waals surface area contributed by atoms with Gasteiger partial charge in [-0.3, -0.25) is 0 Å². The first-order valence-electron chi connectivity index (χ1n) is 5.17. The third-order valence-corrected chi connectivity index (χ3v) is 1.96. The highest BCUT2D eigenvalue weighted by Gasteiger charge is 2.30. The van der Waals surface area contributed by atoms with E-state index in [2.05, 4.69) is 15.3 Å². The SMILES string of the molecule is CCCNc1nc(CC(F)(F)F)nc(C)c1F. The van der Waals surface area contributed by atoms with Gasteiger partial charge in [-0.05, 0) is 13.3 Å². The van der Waals surface area contributed by atoms with Crippen molar-refractivity contribution in [1.82, 2.24) is 9.97 Å². The summed E-state index contributed by atoms with van der Waals surface area (Å²) in [6.45, 7) is 3.61. The minimum Gasteiger partial charge on any atom is -0.368 e. The van der Waals surface area contributed by atoms with E-state index in [9.17, 15) is 17.6 Å². The van der Waals surface area contributed by atoms with Gasteiger partial charge in [-0.15, -0.1) is 0 Å². The zero-order valence-electron chi connectivity index (χ0n) is 9.53. The first kappa shape index (κ1) is 13.7. The first-order chi connectivity index (χ1) is 7.83. The van der Waals surface area contributed by atoms with Gasteiger partial charge in [-0.2, -0.15) is 13.2 Å². The van der Waals surface area contributed by atoms with Crippen molar-refractivity contribution >= 4 is 5.82 Å². The highest BCUT2D eigenvalue weighted by Crippen LogP contribution is 2.21. The Bertz CT molecular complexity index is 390. The Morgan fingerprint density at radius 3 is 2.41 bits per heavy atom. The van der Waals surface area contributed by atoms with Crippen molar-refractivity contribution in [3.63, 3.8) is 0 Å². The van der Waals surface area contributed by atoms with Gasteiger partial charge in [0.25, 0.3) is 0 Å². The lowest BCUT2D eigenvalue weighted by Crippen LogP contribution is -2.17. The fourth-order valence-corrected chi connectivity index (χ4v) is 1.24. The predicted molar refractivity (Wildman–Crippen MR) is 55.3 cm³/mol. The molecule has 1 N–H and O–H groups in total. The van der Waals surface area contributed by atoms with E-state index < -0.39 is 24.2 Å². The molecule has 0 saturated carbocycles. The van der Waals surface area contributed by atoms with Gasteiger partial charge in [0.05, 0.1) is 5.69 Å². The van der Waals surface area contributed by atoms with Crippen LogP contribution in [0.1, 0.15) is 24.9 Å². The highest BCUT2D eigenvalue weighted by atomic mass is 19.4. The molecular weight excluding hydrogens is 238 g/mol. The number of nitrogens with one attached hydrogen (secondary N) is 1. The maximum Gasteiger partial charge on any atom is 0.396 e. The molecule has 1 aromatic heterocycles. The molecule has 0 aliphatic carbocycles.